The summed E-state index contributed by atoms with van der Waals surface area (Å²) in [5, 5.41) is 15.2. The van der Waals surface area contributed by atoms with Gasteiger partial charge in [-0.25, -0.2) is 0 Å². The van der Waals surface area contributed by atoms with Crippen LogP contribution in [0, 0.1) is 0 Å². The van der Waals surface area contributed by atoms with Crippen LogP contribution in [0.25, 0.3) is 0 Å². The molecule has 0 radical (unpaired) electrons. The largest absolute Gasteiger partial charge is 0.489 e. The van der Waals surface area contributed by atoms with Crippen molar-refractivity contribution in [1.29, 1.82) is 0 Å². The van der Waals surface area contributed by atoms with Gasteiger partial charge in [0.25, 0.3) is 0 Å². The third-order valence-corrected chi connectivity index (χ3v) is 4.32. The lowest BCUT2D eigenvalue weighted by Crippen LogP contribution is -2.07. The summed E-state index contributed by atoms with van der Waals surface area (Å²) in [4.78, 5) is 4.43. The molecule has 0 bridgehead atoms. The third kappa shape index (κ3) is 6.39. The highest BCUT2D eigenvalue weighted by atomic mass is 35.5. The molecule has 146 valence electrons. The maximum atomic E-state index is 5.89. The second kappa shape index (κ2) is 10.5. The van der Waals surface area contributed by atoms with E-state index < -0.39 is 0 Å². The molecule has 2 aromatic carbocycles. The fourth-order valence-corrected chi connectivity index (χ4v) is 2.67. The van der Waals surface area contributed by atoms with E-state index >= 15 is 0 Å². The number of rotatable bonds is 10. The maximum Gasteiger partial charge on any atom is 0.244 e. The van der Waals surface area contributed by atoms with Gasteiger partial charge in [0.05, 0.1) is 6.20 Å². The standard InChI is InChI=1S/C21H24ClN5O/c1-2-3-4-13-23-21-26-20(14-24-27-21)25-18-9-11-19(12-10-18)28-15-16-5-7-17(22)8-6-16/h5-12,14H,2-4,13,15H2,1H3,(H2,23,25,26,27). The molecule has 1 heterocycles. The van der Waals surface area contributed by atoms with Crippen molar-refractivity contribution in [2.75, 3.05) is 17.2 Å². The van der Waals surface area contributed by atoms with Gasteiger partial charge in [-0.05, 0) is 48.4 Å². The number of aromatic nitrogens is 3. The first-order valence-corrected chi connectivity index (χ1v) is 9.78. The van der Waals surface area contributed by atoms with Crippen LogP contribution in [0.15, 0.2) is 54.7 Å². The molecule has 0 aliphatic heterocycles. The summed E-state index contributed by atoms with van der Waals surface area (Å²) in [6.07, 6.45) is 5.06. The Bertz CT molecular complexity index is 855. The van der Waals surface area contributed by atoms with Crippen LogP contribution < -0.4 is 15.4 Å². The Kier molecular flexibility index (Phi) is 7.44. The maximum absolute atomic E-state index is 5.89. The predicted molar refractivity (Wildman–Crippen MR) is 113 cm³/mol. The minimum atomic E-state index is 0.493. The summed E-state index contributed by atoms with van der Waals surface area (Å²) in [5.41, 5.74) is 1.97. The number of benzene rings is 2. The Hall–Kier alpha value is -2.86. The van der Waals surface area contributed by atoms with Crippen molar-refractivity contribution in [3.05, 3.63) is 65.3 Å². The van der Waals surface area contributed by atoms with E-state index in [4.69, 9.17) is 16.3 Å². The molecular weight excluding hydrogens is 374 g/mol. The molecule has 0 unspecified atom stereocenters. The zero-order valence-corrected chi connectivity index (χ0v) is 16.6. The van der Waals surface area contributed by atoms with Crippen molar-refractivity contribution in [2.24, 2.45) is 0 Å². The normalized spacial score (nSPS) is 10.5. The van der Waals surface area contributed by atoms with Crippen LogP contribution in [-0.2, 0) is 6.61 Å². The minimum absolute atomic E-state index is 0.493. The highest BCUT2D eigenvalue weighted by Crippen LogP contribution is 2.20. The number of halogens is 1. The van der Waals surface area contributed by atoms with Crippen LogP contribution in [0.3, 0.4) is 0 Å². The van der Waals surface area contributed by atoms with Gasteiger partial charge in [-0.15, -0.1) is 5.10 Å². The van der Waals surface area contributed by atoms with Gasteiger partial charge in [-0.3, -0.25) is 0 Å². The molecule has 3 aromatic rings. The number of anilines is 3. The average Bonchev–Trinajstić information content (AvgIpc) is 2.72. The van der Waals surface area contributed by atoms with Gasteiger partial charge in [0.1, 0.15) is 12.4 Å². The van der Waals surface area contributed by atoms with Crippen molar-refractivity contribution in [3.8, 4) is 5.75 Å². The van der Waals surface area contributed by atoms with Crippen LogP contribution in [0.5, 0.6) is 5.75 Å². The van der Waals surface area contributed by atoms with Crippen LogP contribution in [-0.4, -0.2) is 21.7 Å². The van der Waals surface area contributed by atoms with Gasteiger partial charge in [0, 0.05) is 17.3 Å². The molecule has 0 amide bonds. The number of hydrogen-bond acceptors (Lipinski definition) is 6. The fourth-order valence-electron chi connectivity index (χ4n) is 2.54. The Morgan fingerprint density at radius 2 is 1.79 bits per heavy atom. The topological polar surface area (TPSA) is 72.0 Å². The SMILES string of the molecule is CCCCCNc1nncc(Nc2ccc(OCc3ccc(Cl)cc3)cc2)n1. The fraction of sp³-hybridized carbons (Fsp3) is 0.286. The van der Waals surface area contributed by atoms with E-state index in [0.29, 0.717) is 18.4 Å². The number of nitrogens with one attached hydrogen (secondary N) is 2. The predicted octanol–water partition coefficient (Wildman–Crippen LogP) is 5.45. The lowest BCUT2D eigenvalue weighted by Gasteiger charge is -2.09. The first-order valence-electron chi connectivity index (χ1n) is 9.41. The molecule has 1 aromatic heterocycles. The van der Waals surface area contributed by atoms with Crippen LogP contribution >= 0.6 is 11.6 Å². The molecule has 0 aliphatic carbocycles. The van der Waals surface area contributed by atoms with Gasteiger partial charge < -0.3 is 15.4 Å². The molecular formula is C21H24ClN5O. The first-order chi connectivity index (χ1) is 13.7. The Morgan fingerprint density at radius 1 is 1.00 bits per heavy atom. The number of nitrogens with zero attached hydrogens (tertiary/aromatic N) is 3. The Morgan fingerprint density at radius 3 is 2.54 bits per heavy atom. The number of unbranched alkanes of at least 4 members (excludes halogenated alkanes) is 2. The van der Waals surface area contributed by atoms with Gasteiger partial charge in [-0.2, -0.15) is 10.1 Å². The second-order valence-electron chi connectivity index (χ2n) is 6.36. The van der Waals surface area contributed by atoms with E-state index in [2.05, 4.69) is 32.7 Å². The first kappa shape index (κ1) is 19.9. The minimum Gasteiger partial charge on any atom is -0.489 e. The monoisotopic (exact) mass is 397 g/mol. The number of hydrogen-bond donors (Lipinski definition) is 2. The summed E-state index contributed by atoms with van der Waals surface area (Å²) >= 11 is 5.89. The molecule has 0 saturated carbocycles. The summed E-state index contributed by atoms with van der Waals surface area (Å²) in [7, 11) is 0. The van der Waals surface area contributed by atoms with Crippen molar-refractivity contribution in [3.63, 3.8) is 0 Å². The Balaban J connectivity index is 1.51. The van der Waals surface area contributed by atoms with Crippen molar-refractivity contribution < 1.29 is 4.74 Å². The molecule has 2 N–H and O–H groups in total. The van der Waals surface area contributed by atoms with E-state index in [9.17, 15) is 0 Å². The second-order valence-corrected chi connectivity index (χ2v) is 6.80. The smallest absolute Gasteiger partial charge is 0.244 e. The average molecular weight is 398 g/mol. The molecule has 0 spiro atoms. The summed E-state index contributed by atoms with van der Waals surface area (Å²) in [6.45, 7) is 3.52. The zero-order chi connectivity index (χ0) is 19.6. The molecule has 7 heteroatoms. The zero-order valence-electron chi connectivity index (χ0n) is 15.9. The van der Waals surface area contributed by atoms with Gasteiger partial charge in [-0.1, -0.05) is 43.5 Å². The quantitative estimate of drug-likeness (QED) is 0.443. The Labute approximate surface area is 170 Å². The number of ether oxygens (including phenoxy) is 1. The molecule has 6 nitrogen and oxygen atoms in total. The van der Waals surface area contributed by atoms with Crippen molar-refractivity contribution in [1.82, 2.24) is 15.2 Å². The van der Waals surface area contributed by atoms with E-state index in [1.54, 1.807) is 6.20 Å². The van der Waals surface area contributed by atoms with E-state index in [1.807, 2.05) is 48.5 Å². The van der Waals surface area contributed by atoms with Crippen molar-refractivity contribution in [2.45, 2.75) is 32.8 Å². The lowest BCUT2D eigenvalue weighted by atomic mass is 10.2. The molecule has 28 heavy (non-hydrogen) atoms. The summed E-state index contributed by atoms with van der Waals surface area (Å²) < 4.78 is 5.80. The summed E-state index contributed by atoms with van der Waals surface area (Å²) in [5.74, 6) is 1.96. The summed E-state index contributed by atoms with van der Waals surface area (Å²) in [6, 6.07) is 15.3. The highest BCUT2D eigenvalue weighted by Gasteiger charge is 2.02. The van der Waals surface area contributed by atoms with E-state index in [-0.39, 0.29) is 0 Å². The van der Waals surface area contributed by atoms with Crippen LogP contribution in [0.4, 0.5) is 17.5 Å². The van der Waals surface area contributed by atoms with E-state index in [1.165, 1.54) is 12.8 Å². The molecule has 0 fully saturated rings. The molecule has 0 atom stereocenters. The van der Waals surface area contributed by atoms with Crippen LogP contribution in [0.1, 0.15) is 31.7 Å². The van der Waals surface area contributed by atoms with E-state index in [0.717, 1.165) is 35.0 Å². The molecule has 0 saturated heterocycles. The third-order valence-electron chi connectivity index (χ3n) is 4.07. The molecule has 0 aliphatic rings. The van der Waals surface area contributed by atoms with Gasteiger partial charge >= 0.3 is 0 Å². The van der Waals surface area contributed by atoms with Crippen molar-refractivity contribution >= 4 is 29.1 Å². The van der Waals surface area contributed by atoms with Gasteiger partial charge in [0.2, 0.25) is 5.95 Å². The van der Waals surface area contributed by atoms with Gasteiger partial charge in [0.15, 0.2) is 5.82 Å². The molecule has 3 rings (SSSR count). The highest BCUT2D eigenvalue weighted by molar-refractivity contribution is 6.30. The lowest BCUT2D eigenvalue weighted by molar-refractivity contribution is 0.306. The van der Waals surface area contributed by atoms with Crippen LogP contribution in [0.2, 0.25) is 5.02 Å².